The molecular formula is C18H23NO2. The highest BCUT2D eigenvalue weighted by molar-refractivity contribution is 5.83. The van der Waals surface area contributed by atoms with Gasteiger partial charge in [0.05, 0.1) is 11.0 Å². The Morgan fingerprint density at radius 3 is 2.43 bits per heavy atom. The second-order valence-corrected chi connectivity index (χ2v) is 7.63. The summed E-state index contributed by atoms with van der Waals surface area (Å²) in [6, 6.07) is 10.0. The lowest BCUT2D eigenvalue weighted by atomic mass is 9.47. The fourth-order valence-corrected chi connectivity index (χ4v) is 5.45. The number of hydrogen-bond donors (Lipinski definition) is 2. The number of carbonyl (C=O) groups is 1. The van der Waals surface area contributed by atoms with Gasteiger partial charge in [0.2, 0.25) is 5.91 Å². The lowest BCUT2D eigenvalue weighted by Crippen LogP contribution is -2.60. The Hall–Kier alpha value is -1.35. The summed E-state index contributed by atoms with van der Waals surface area (Å²) in [4.78, 5) is 12.8. The van der Waals surface area contributed by atoms with Crippen molar-refractivity contribution in [2.75, 3.05) is 0 Å². The minimum Gasteiger partial charge on any atom is -0.390 e. The molecule has 4 aliphatic rings. The van der Waals surface area contributed by atoms with Crippen LogP contribution in [0.5, 0.6) is 0 Å². The Balaban J connectivity index is 1.49. The normalized spacial score (nSPS) is 40.2. The zero-order valence-corrected chi connectivity index (χ0v) is 12.3. The fourth-order valence-electron chi connectivity index (χ4n) is 5.45. The lowest BCUT2D eigenvalue weighted by molar-refractivity contribution is -0.178. The maximum absolute atomic E-state index is 12.8. The number of nitrogens with one attached hydrogen (secondary N) is 1. The summed E-state index contributed by atoms with van der Waals surface area (Å²) in [5, 5.41) is 13.8. The van der Waals surface area contributed by atoms with Gasteiger partial charge in [-0.25, -0.2) is 0 Å². The van der Waals surface area contributed by atoms with Crippen LogP contribution >= 0.6 is 0 Å². The van der Waals surface area contributed by atoms with Gasteiger partial charge in [0.1, 0.15) is 0 Å². The number of rotatable bonds is 3. The third-order valence-corrected chi connectivity index (χ3v) is 5.81. The van der Waals surface area contributed by atoms with Gasteiger partial charge >= 0.3 is 0 Å². The molecule has 0 spiro atoms. The lowest BCUT2D eigenvalue weighted by Gasteiger charge is -2.59. The third kappa shape index (κ3) is 2.28. The highest BCUT2D eigenvalue weighted by Gasteiger charge is 2.59. The van der Waals surface area contributed by atoms with Crippen molar-refractivity contribution < 1.29 is 9.90 Å². The van der Waals surface area contributed by atoms with Crippen molar-refractivity contribution in [3.63, 3.8) is 0 Å². The average molecular weight is 285 g/mol. The Morgan fingerprint density at radius 2 is 1.81 bits per heavy atom. The summed E-state index contributed by atoms with van der Waals surface area (Å²) in [5.41, 5.74) is 0.274. The summed E-state index contributed by atoms with van der Waals surface area (Å²) >= 11 is 0. The van der Waals surface area contributed by atoms with E-state index in [1.54, 1.807) is 0 Å². The molecule has 112 valence electrons. The largest absolute Gasteiger partial charge is 0.390 e. The minimum absolute atomic E-state index is 0.166. The van der Waals surface area contributed by atoms with Crippen LogP contribution in [0, 0.1) is 17.3 Å². The van der Waals surface area contributed by atoms with E-state index in [-0.39, 0.29) is 11.3 Å². The Labute approximate surface area is 125 Å². The maximum Gasteiger partial charge on any atom is 0.226 e. The van der Waals surface area contributed by atoms with Crippen LogP contribution in [-0.4, -0.2) is 16.6 Å². The molecule has 0 radical (unpaired) electrons. The van der Waals surface area contributed by atoms with Crippen LogP contribution in [0.2, 0.25) is 0 Å². The summed E-state index contributed by atoms with van der Waals surface area (Å²) in [7, 11) is 0. The van der Waals surface area contributed by atoms with Crippen LogP contribution in [0.25, 0.3) is 0 Å². The van der Waals surface area contributed by atoms with E-state index >= 15 is 0 Å². The van der Waals surface area contributed by atoms with Gasteiger partial charge in [-0.1, -0.05) is 30.3 Å². The van der Waals surface area contributed by atoms with Crippen molar-refractivity contribution >= 4 is 5.91 Å². The van der Waals surface area contributed by atoms with E-state index in [4.69, 9.17) is 0 Å². The smallest absolute Gasteiger partial charge is 0.226 e. The summed E-state index contributed by atoms with van der Waals surface area (Å²) in [6.07, 6.45) is 5.68. The first-order valence-electron chi connectivity index (χ1n) is 8.12. The molecule has 3 nitrogen and oxygen atoms in total. The molecule has 2 N–H and O–H groups in total. The molecule has 3 heteroatoms. The Bertz CT molecular complexity index is 540. The van der Waals surface area contributed by atoms with E-state index in [0.717, 1.165) is 31.2 Å². The first-order valence-corrected chi connectivity index (χ1v) is 8.12. The molecule has 0 heterocycles. The summed E-state index contributed by atoms with van der Waals surface area (Å²) in [5.74, 6) is 1.27. The number of carbonyl (C=O) groups excluding carboxylic acids is 1. The second-order valence-electron chi connectivity index (χ2n) is 7.63. The van der Waals surface area contributed by atoms with Crippen LogP contribution in [-0.2, 0) is 11.3 Å². The van der Waals surface area contributed by atoms with Gasteiger partial charge in [-0.05, 0) is 55.9 Å². The molecule has 1 aromatic rings. The zero-order valence-electron chi connectivity index (χ0n) is 12.3. The fraction of sp³-hybridized carbons (Fsp3) is 0.611. The molecule has 5 rings (SSSR count). The van der Waals surface area contributed by atoms with Gasteiger partial charge in [0.15, 0.2) is 0 Å². The van der Waals surface area contributed by atoms with Crippen LogP contribution in [0.4, 0.5) is 0 Å². The number of benzene rings is 1. The molecule has 1 amide bonds. The van der Waals surface area contributed by atoms with Gasteiger partial charge in [-0.3, -0.25) is 4.79 Å². The van der Waals surface area contributed by atoms with E-state index in [1.807, 2.05) is 30.3 Å². The van der Waals surface area contributed by atoms with Crippen molar-refractivity contribution in [2.24, 2.45) is 17.3 Å². The summed E-state index contributed by atoms with van der Waals surface area (Å²) < 4.78 is 0. The van der Waals surface area contributed by atoms with E-state index in [1.165, 1.54) is 6.42 Å². The van der Waals surface area contributed by atoms with Crippen LogP contribution in [0.3, 0.4) is 0 Å². The van der Waals surface area contributed by atoms with E-state index < -0.39 is 5.60 Å². The Kier molecular flexibility index (Phi) is 2.90. The predicted molar refractivity (Wildman–Crippen MR) is 80.4 cm³/mol. The molecule has 4 fully saturated rings. The monoisotopic (exact) mass is 285 g/mol. The van der Waals surface area contributed by atoms with Crippen molar-refractivity contribution in [2.45, 2.75) is 50.7 Å². The van der Waals surface area contributed by atoms with Crippen molar-refractivity contribution in [1.82, 2.24) is 5.32 Å². The molecule has 0 aromatic heterocycles. The van der Waals surface area contributed by atoms with Crippen molar-refractivity contribution in [1.29, 1.82) is 0 Å². The molecule has 0 aliphatic heterocycles. The van der Waals surface area contributed by atoms with Gasteiger partial charge in [0, 0.05) is 6.54 Å². The third-order valence-electron chi connectivity index (χ3n) is 5.81. The molecule has 4 atom stereocenters. The standard InChI is InChI=1S/C18H23NO2/c20-16(19-11-13-4-2-1-3-5-13)17-7-14-6-15(8-17)10-18(21,9-14)12-17/h1-5,14-15,21H,6-12H2,(H,19,20)/t14-,15+,17?,18?. The maximum atomic E-state index is 12.8. The molecule has 1 aromatic carbocycles. The molecule has 4 aliphatic carbocycles. The Morgan fingerprint density at radius 1 is 1.14 bits per heavy atom. The molecule has 21 heavy (non-hydrogen) atoms. The molecule has 4 saturated carbocycles. The van der Waals surface area contributed by atoms with Crippen molar-refractivity contribution in [3.8, 4) is 0 Å². The van der Waals surface area contributed by atoms with E-state index in [0.29, 0.717) is 24.8 Å². The zero-order chi connectivity index (χ0) is 14.5. The van der Waals surface area contributed by atoms with E-state index in [2.05, 4.69) is 5.32 Å². The predicted octanol–water partition coefficient (Wildman–Crippen LogP) is 2.63. The topological polar surface area (TPSA) is 49.3 Å². The first-order chi connectivity index (χ1) is 10.1. The van der Waals surface area contributed by atoms with Crippen molar-refractivity contribution in [3.05, 3.63) is 35.9 Å². The van der Waals surface area contributed by atoms with Crippen LogP contribution < -0.4 is 5.32 Å². The number of amides is 1. The molecule has 2 unspecified atom stereocenters. The number of aliphatic hydroxyl groups is 1. The minimum atomic E-state index is -0.561. The average Bonchev–Trinajstić information content (AvgIpc) is 2.43. The summed E-state index contributed by atoms with van der Waals surface area (Å²) in [6.45, 7) is 0.592. The second kappa shape index (κ2) is 4.57. The highest BCUT2D eigenvalue weighted by atomic mass is 16.3. The van der Waals surface area contributed by atoms with Gasteiger partial charge in [-0.2, -0.15) is 0 Å². The van der Waals surface area contributed by atoms with Crippen LogP contribution in [0.1, 0.15) is 44.1 Å². The highest BCUT2D eigenvalue weighted by Crippen LogP contribution is 2.61. The van der Waals surface area contributed by atoms with Gasteiger partial charge in [-0.15, -0.1) is 0 Å². The van der Waals surface area contributed by atoms with Gasteiger partial charge in [0.25, 0.3) is 0 Å². The number of hydrogen-bond acceptors (Lipinski definition) is 2. The van der Waals surface area contributed by atoms with Crippen LogP contribution in [0.15, 0.2) is 30.3 Å². The molecule has 4 bridgehead atoms. The first kappa shape index (κ1) is 13.3. The van der Waals surface area contributed by atoms with Gasteiger partial charge < -0.3 is 10.4 Å². The molecular weight excluding hydrogens is 262 g/mol. The molecule has 0 saturated heterocycles. The SMILES string of the molecule is O=C(NCc1ccccc1)C12C[C@@H]3C[C@@H](CC(O)(C3)C1)C2. The quantitative estimate of drug-likeness (QED) is 0.897. The van der Waals surface area contributed by atoms with E-state index in [9.17, 15) is 9.90 Å².